The van der Waals surface area contributed by atoms with Crippen molar-refractivity contribution < 1.29 is 4.52 Å². The molecule has 0 aliphatic heterocycles. The van der Waals surface area contributed by atoms with Crippen molar-refractivity contribution in [2.45, 2.75) is 0 Å². The Morgan fingerprint density at radius 3 is 2.29 bits per heavy atom. The van der Waals surface area contributed by atoms with E-state index in [1.165, 1.54) is 0 Å². The highest BCUT2D eigenvalue weighted by Crippen LogP contribution is 2.26. The molecule has 0 N–H and O–H groups in total. The normalized spacial score (nSPS) is 10.5. The molecule has 2 rings (SSSR count). The molecule has 1 heterocycles. The Morgan fingerprint density at radius 2 is 1.79 bits per heavy atom. The second-order valence-corrected chi connectivity index (χ2v) is 4.36. The molecule has 0 bridgehead atoms. The monoisotopic (exact) mass is 340 g/mol. The maximum atomic E-state index is 5.83. The molecule has 72 valence electrons. The van der Waals surface area contributed by atoms with Gasteiger partial charge in [0.05, 0.1) is 0 Å². The third kappa shape index (κ3) is 2.18. The highest BCUT2D eigenvalue weighted by atomic mass is 127. The SMILES string of the molecule is Clc1cc(Cl)cc(-c2nc(I)no2)c1. The fraction of sp³-hybridized carbons (Fsp3) is 0. The lowest BCUT2D eigenvalue weighted by molar-refractivity contribution is 0.426. The van der Waals surface area contributed by atoms with Crippen LogP contribution in [-0.2, 0) is 0 Å². The average molecular weight is 341 g/mol. The summed E-state index contributed by atoms with van der Waals surface area (Å²) in [6.45, 7) is 0. The largest absolute Gasteiger partial charge is 0.333 e. The Bertz CT molecular complexity index is 452. The molecule has 0 unspecified atom stereocenters. The van der Waals surface area contributed by atoms with Crippen molar-refractivity contribution in [3.8, 4) is 11.5 Å². The van der Waals surface area contributed by atoms with Gasteiger partial charge in [-0.25, -0.2) is 0 Å². The Morgan fingerprint density at radius 1 is 1.14 bits per heavy atom. The van der Waals surface area contributed by atoms with E-state index in [1.54, 1.807) is 18.2 Å². The summed E-state index contributed by atoms with van der Waals surface area (Å²) >= 11 is 13.6. The Balaban J connectivity index is 2.51. The molecule has 6 heteroatoms. The lowest BCUT2D eigenvalue weighted by Gasteiger charge is -1.96. The highest BCUT2D eigenvalue weighted by molar-refractivity contribution is 14.1. The summed E-state index contributed by atoms with van der Waals surface area (Å²) in [6, 6.07) is 5.09. The van der Waals surface area contributed by atoms with Gasteiger partial charge in [0.15, 0.2) is 0 Å². The zero-order chi connectivity index (χ0) is 10.1. The first-order valence-electron chi connectivity index (χ1n) is 3.61. The molecular formula is C8H3Cl2IN2O. The van der Waals surface area contributed by atoms with Gasteiger partial charge in [0.25, 0.3) is 5.89 Å². The van der Waals surface area contributed by atoms with Gasteiger partial charge in [-0.15, -0.1) is 0 Å². The summed E-state index contributed by atoms with van der Waals surface area (Å²) in [6.07, 6.45) is 0. The molecule has 0 radical (unpaired) electrons. The van der Waals surface area contributed by atoms with Crippen LogP contribution in [0.4, 0.5) is 0 Å². The van der Waals surface area contributed by atoms with E-state index in [1.807, 2.05) is 22.6 Å². The van der Waals surface area contributed by atoms with Gasteiger partial charge in [-0.05, 0) is 18.2 Å². The van der Waals surface area contributed by atoms with E-state index in [0.29, 0.717) is 19.8 Å². The summed E-state index contributed by atoms with van der Waals surface area (Å²) in [5.74, 6) is 0.416. The van der Waals surface area contributed by atoms with E-state index in [4.69, 9.17) is 27.7 Å². The molecule has 14 heavy (non-hydrogen) atoms. The minimum Gasteiger partial charge on any atom is -0.333 e. The van der Waals surface area contributed by atoms with Crippen molar-refractivity contribution in [3.63, 3.8) is 0 Å². The molecule has 3 nitrogen and oxygen atoms in total. The molecule has 0 saturated carbocycles. The van der Waals surface area contributed by atoms with Gasteiger partial charge in [-0.3, -0.25) is 0 Å². The molecule has 0 aliphatic carbocycles. The smallest absolute Gasteiger partial charge is 0.258 e. The van der Waals surface area contributed by atoms with Crippen LogP contribution in [0, 0.1) is 3.83 Å². The first kappa shape index (κ1) is 10.2. The number of nitrogens with zero attached hydrogens (tertiary/aromatic N) is 2. The fourth-order valence-electron chi connectivity index (χ4n) is 1.00. The van der Waals surface area contributed by atoms with Crippen LogP contribution >= 0.6 is 45.8 Å². The number of benzene rings is 1. The van der Waals surface area contributed by atoms with Gasteiger partial charge in [-0.1, -0.05) is 28.4 Å². The van der Waals surface area contributed by atoms with Crippen molar-refractivity contribution in [2.75, 3.05) is 0 Å². The van der Waals surface area contributed by atoms with E-state index in [-0.39, 0.29) is 0 Å². The van der Waals surface area contributed by atoms with Crippen LogP contribution < -0.4 is 0 Å². The van der Waals surface area contributed by atoms with Gasteiger partial charge >= 0.3 is 0 Å². The lowest BCUT2D eigenvalue weighted by Crippen LogP contribution is -1.78. The standard InChI is InChI=1S/C8H3Cl2IN2O/c9-5-1-4(2-6(10)3-5)7-12-8(11)13-14-7/h1-3H. The Kier molecular flexibility index (Phi) is 2.94. The summed E-state index contributed by atoms with van der Waals surface area (Å²) in [5, 5.41) is 4.75. The number of rotatable bonds is 1. The van der Waals surface area contributed by atoms with Gasteiger partial charge in [0.1, 0.15) is 0 Å². The topological polar surface area (TPSA) is 38.9 Å². The van der Waals surface area contributed by atoms with Crippen molar-refractivity contribution >= 4 is 45.8 Å². The number of halogens is 3. The molecule has 2 aromatic rings. The molecule has 0 amide bonds. The molecule has 0 aliphatic rings. The summed E-state index contributed by atoms with van der Waals surface area (Å²) in [7, 11) is 0. The van der Waals surface area contributed by atoms with Crippen LogP contribution in [0.15, 0.2) is 22.7 Å². The van der Waals surface area contributed by atoms with Crippen LogP contribution in [0.2, 0.25) is 10.0 Å². The minimum absolute atomic E-state index is 0.416. The molecule has 0 saturated heterocycles. The van der Waals surface area contributed by atoms with E-state index < -0.39 is 0 Å². The van der Waals surface area contributed by atoms with Crippen LogP contribution in [0.3, 0.4) is 0 Å². The van der Waals surface area contributed by atoms with E-state index >= 15 is 0 Å². The van der Waals surface area contributed by atoms with Gasteiger partial charge in [-0.2, -0.15) is 4.98 Å². The second-order valence-electron chi connectivity index (χ2n) is 2.53. The quantitative estimate of drug-likeness (QED) is 0.744. The maximum absolute atomic E-state index is 5.83. The number of aromatic nitrogens is 2. The predicted molar refractivity (Wildman–Crippen MR) is 62.5 cm³/mol. The summed E-state index contributed by atoms with van der Waals surface area (Å²) < 4.78 is 5.52. The van der Waals surface area contributed by atoms with E-state index in [2.05, 4.69) is 10.1 Å². The third-order valence-corrected chi connectivity index (χ3v) is 2.39. The highest BCUT2D eigenvalue weighted by Gasteiger charge is 2.08. The van der Waals surface area contributed by atoms with Crippen LogP contribution in [0.1, 0.15) is 0 Å². The maximum Gasteiger partial charge on any atom is 0.258 e. The average Bonchev–Trinajstić information content (AvgIpc) is 2.50. The molecule has 0 atom stereocenters. The fourth-order valence-corrected chi connectivity index (χ4v) is 1.84. The summed E-state index contributed by atoms with van der Waals surface area (Å²) in [5.41, 5.74) is 0.720. The van der Waals surface area contributed by atoms with Gasteiger partial charge < -0.3 is 4.52 Å². The molecule has 0 fully saturated rings. The zero-order valence-corrected chi connectivity index (χ0v) is 10.3. The van der Waals surface area contributed by atoms with Crippen LogP contribution in [0.25, 0.3) is 11.5 Å². The first-order chi connectivity index (χ1) is 6.65. The Hall–Kier alpha value is -0.330. The molecule has 0 spiro atoms. The van der Waals surface area contributed by atoms with Crippen molar-refractivity contribution in [1.29, 1.82) is 0 Å². The molecule has 1 aromatic heterocycles. The minimum atomic E-state index is 0.416. The van der Waals surface area contributed by atoms with Crippen molar-refractivity contribution in [3.05, 3.63) is 32.1 Å². The Labute approximate surface area is 104 Å². The number of hydrogen-bond acceptors (Lipinski definition) is 3. The van der Waals surface area contributed by atoms with Gasteiger partial charge in [0.2, 0.25) is 3.83 Å². The van der Waals surface area contributed by atoms with Gasteiger partial charge in [0, 0.05) is 38.2 Å². The van der Waals surface area contributed by atoms with Crippen LogP contribution in [-0.4, -0.2) is 10.1 Å². The zero-order valence-electron chi connectivity index (χ0n) is 6.67. The molecule has 1 aromatic carbocycles. The lowest BCUT2D eigenvalue weighted by atomic mass is 10.2. The summed E-state index contributed by atoms with van der Waals surface area (Å²) in [4.78, 5) is 4.05. The first-order valence-corrected chi connectivity index (χ1v) is 5.44. The number of hydrogen-bond donors (Lipinski definition) is 0. The van der Waals surface area contributed by atoms with Crippen molar-refractivity contribution in [1.82, 2.24) is 10.1 Å². The van der Waals surface area contributed by atoms with Crippen LogP contribution in [0.5, 0.6) is 0 Å². The van der Waals surface area contributed by atoms with Crippen molar-refractivity contribution in [2.24, 2.45) is 0 Å². The second kappa shape index (κ2) is 4.04. The predicted octanol–water partition coefficient (Wildman–Crippen LogP) is 3.65. The van der Waals surface area contributed by atoms with E-state index in [0.717, 1.165) is 5.56 Å². The van der Waals surface area contributed by atoms with E-state index in [9.17, 15) is 0 Å². The molecular weight excluding hydrogens is 338 g/mol. The third-order valence-electron chi connectivity index (χ3n) is 1.51.